The van der Waals surface area contributed by atoms with Crippen molar-refractivity contribution in [3.05, 3.63) is 29.6 Å². The molecule has 0 amide bonds. The minimum atomic E-state index is -0.112. The maximum Gasteiger partial charge on any atom is 0.124 e. The number of rotatable bonds is 7. The predicted octanol–water partition coefficient (Wildman–Crippen LogP) is 3.97. The second kappa shape index (κ2) is 6.41. The fourth-order valence-electron chi connectivity index (χ4n) is 1.69. The normalized spacial score (nSPS) is 15.2. The van der Waals surface area contributed by atoms with Gasteiger partial charge in [0.25, 0.3) is 0 Å². The standard InChI is InChI=1S/C14H20FNS/c1-2-3-6-17-14-8-11(7-12(15)9-14)10-16-13-4-5-13/h7-9,13,16H,2-6,10H2,1H3. The van der Waals surface area contributed by atoms with Gasteiger partial charge >= 0.3 is 0 Å². The van der Waals surface area contributed by atoms with Crippen molar-refractivity contribution in [2.75, 3.05) is 5.75 Å². The summed E-state index contributed by atoms with van der Waals surface area (Å²) < 4.78 is 13.4. The second-order valence-corrected chi connectivity index (χ2v) is 5.82. The number of unbranched alkanes of at least 4 members (excludes halogenated alkanes) is 1. The lowest BCUT2D eigenvalue weighted by Crippen LogP contribution is -2.15. The van der Waals surface area contributed by atoms with Crippen molar-refractivity contribution in [2.24, 2.45) is 0 Å². The molecule has 2 rings (SSSR count). The number of hydrogen-bond acceptors (Lipinski definition) is 2. The minimum absolute atomic E-state index is 0.112. The highest BCUT2D eigenvalue weighted by atomic mass is 32.2. The Hall–Kier alpha value is -0.540. The Balaban J connectivity index is 1.90. The Morgan fingerprint density at radius 3 is 2.88 bits per heavy atom. The molecule has 1 aliphatic rings. The van der Waals surface area contributed by atoms with Gasteiger partial charge in [-0.15, -0.1) is 11.8 Å². The summed E-state index contributed by atoms with van der Waals surface area (Å²) in [5, 5.41) is 3.42. The highest BCUT2D eigenvalue weighted by Crippen LogP contribution is 2.23. The van der Waals surface area contributed by atoms with E-state index in [1.54, 1.807) is 23.9 Å². The van der Waals surface area contributed by atoms with Crippen molar-refractivity contribution < 1.29 is 4.39 Å². The monoisotopic (exact) mass is 253 g/mol. The minimum Gasteiger partial charge on any atom is -0.310 e. The van der Waals surface area contributed by atoms with E-state index in [-0.39, 0.29) is 5.82 Å². The second-order valence-electron chi connectivity index (χ2n) is 4.65. The van der Waals surface area contributed by atoms with Crippen molar-refractivity contribution >= 4 is 11.8 Å². The van der Waals surface area contributed by atoms with E-state index in [1.807, 2.05) is 0 Å². The van der Waals surface area contributed by atoms with Crippen molar-refractivity contribution in [2.45, 2.75) is 50.1 Å². The molecule has 0 radical (unpaired) electrons. The molecule has 0 aromatic heterocycles. The summed E-state index contributed by atoms with van der Waals surface area (Å²) in [5.41, 5.74) is 1.07. The van der Waals surface area contributed by atoms with E-state index in [2.05, 4.69) is 18.3 Å². The van der Waals surface area contributed by atoms with Crippen LogP contribution in [0.1, 0.15) is 38.2 Å². The van der Waals surface area contributed by atoms with Crippen LogP contribution in [0.4, 0.5) is 4.39 Å². The number of halogens is 1. The SMILES string of the molecule is CCCCSc1cc(F)cc(CNC2CC2)c1. The van der Waals surface area contributed by atoms with Crippen LogP contribution in [0, 0.1) is 5.82 Å². The van der Waals surface area contributed by atoms with E-state index >= 15 is 0 Å². The van der Waals surface area contributed by atoms with Gasteiger partial charge in [-0.1, -0.05) is 13.3 Å². The summed E-state index contributed by atoms with van der Waals surface area (Å²) in [6, 6.07) is 6.06. The first kappa shape index (κ1) is 12.9. The Morgan fingerprint density at radius 1 is 1.35 bits per heavy atom. The zero-order valence-electron chi connectivity index (χ0n) is 10.3. The average Bonchev–Trinajstić information content (AvgIpc) is 3.10. The molecular formula is C14H20FNS. The molecule has 1 aromatic carbocycles. The van der Waals surface area contributed by atoms with E-state index in [4.69, 9.17) is 0 Å². The molecule has 0 unspecified atom stereocenters. The third-order valence-electron chi connectivity index (χ3n) is 2.87. The van der Waals surface area contributed by atoms with Crippen molar-refractivity contribution in [3.8, 4) is 0 Å². The summed E-state index contributed by atoms with van der Waals surface area (Å²) in [5.74, 6) is 0.967. The van der Waals surface area contributed by atoms with Gasteiger partial charge in [-0.3, -0.25) is 0 Å². The van der Waals surface area contributed by atoms with Crippen molar-refractivity contribution in [3.63, 3.8) is 0 Å². The van der Waals surface area contributed by atoms with Gasteiger partial charge in [0.1, 0.15) is 5.82 Å². The van der Waals surface area contributed by atoms with E-state index in [9.17, 15) is 4.39 Å². The first-order chi connectivity index (χ1) is 8.28. The molecule has 3 heteroatoms. The van der Waals surface area contributed by atoms with Crippen LogP contribution in [-0.2, 0) is 6.54 Å². The molecule has 1 N–H and O–H groups in total. The molecule has 0 spiro atoms. The lowest BCUT2D eigenvalue weighted by molar-refractivity contribution is 0.615. The van der Waals surface area contributed by atoms with E-state index in [0.717, 1.165) is 22.8 Å². The summed E-state index contributed by atoms with van der Waals surface area (Å²) >= 11 is 1.76. The van der Waals surface area contributed by atoms with Crippen LogP contribution in [0.3, 0.4) is 0 Å². The predicted molar refractivity (Wildman–Crippen MR) is 71.9 cm³/mol. The molecular weight excluding hydrogens is 233 g/mol. The van der Waals surface area contributed by atoms with Crippen LogP contribution >= 0.6 is 11.8 Å². The van der Waals surface area contributed by atoms with E-state index in [0.29, 0.717) is 6.04 Å². The smallest absolute Gasteiger partial charge is 0.124 e. The number of benzene rings is 1. The Morgan fingerprint density at radius 2 is 2.18 bits per heavy atom. The molecule has 0 heterocycles. The Bertz CT molecular complexity index is 363. The van der Waals surface area contributed by atoms with Gasteiger partial charge in [0.15, 0.2) is 0 Å². The van der Waals surface area contributed by atoms with Gasteiger partial charge in [0, 0.05) is 17.5 Å². The maximum atomic E-state index is 13.4. The van der Waals surface area contributed by atoms with Crippen LogP contribution < -0.4 is 5.32 Å². The molecule has 1 aromatic rings. The van der Waals surface area contributed by atoms with E-state index in [1.165, 1.54) is 25.7 Å². The molecule has 1 nitrogen and oxygen atoms in total. The van der Waals surface area contributed by atoms with Crippen molar-refractivity contribution in [1.82, 2.24) is 5.32 Å². The number of hydrogen-bond donors (Lipinski definition) is 1. The highest BCUT2D eigenvalue weighted by molar-refractivity contribution is 7.99. The van der Waals surface area contributed by atoms with E-state index < -0.39 is 0 Å². The maximum absolute atomic E-state index is 13.4. The number of thioether (sulfide) groups is 1. The summed E-state index contributed by atoms with van der Waals surface area (Å²) in [6.07, 6.45) is 4.93. The first-order valence-corrected chi connectivity index (χ1v) is 7.42. The van der Waals surface area contributed by atoms with Gasteiger partial charge in [-0.05, 0) is 48.8 Å². The van der Waals surface area contributed by atoms with Gasteiger partial charge in [0.05, 0.1) is 0 Å². The van der Waals surface area contributed by atoms with Crippen LogP contribution in [0.15, 0.2) is 23.1 Å². The molecule has 0 saturated heterocycles. The lowest BCUT2D eigenvalue weighted by atomic mass is 10.2. The first-order valence-electron chi connectivity index (χ1n) is 6.43. The summed E-state index contributed by atoms with van der Waals surface area (Å²) in [4.78, 5) is 1.06. The molecule has 0 atom stereocenters. The fraction of sp³-hybridized carbons (Fsp3) is 0.571. The average molecular weight is 253 g/mol. The molecule has 94 valence electrons. The lowest BCUT2D eigenvalue weighted by Gasteiger charge is -2.07. The van der Waals surface area contributed by atoms with Crippen LogP contribution in [0.5, 0.6) is 0 Å². The molecule has 1 saturated carbocycles. The molecule has 0 bridgehead atoms. The highest BCUT2D eigenvalue weighted by Gasteiger charge is 2.20. The van der Waals surface area contributed by atoms with Gasteiger partial charge in [0.2, 0.25) is 0 Å². The summed E-state index contributed by atoms with van der Waals surface area (Å²) in [6.45, 7) is 2.97. The van der Waals surface area contributed by atoms with Gasteiger partial charge in [-0.2, -0.15) is 0 Å². The fourth-order valence-corrected chi connectivity index (χ4v) is 2.79. The summed E-state index contributed by atoms with van der Waals surface area (Å²) in [7, 11) is 0. The molecule has 1 aliphatic carbocycles. The number of nitrogens with one attached hydrogen (secondary N) is 1. The van der Waals surface area contributed by atoms with Gasteiger partial charge in [-0.25, -0.2) is 4.39 Å². The Labute approximate surface area is 107 Å². The van der Waals surface area contributed by atoms with Crippen molar-refractivity contribution in [1.29, 1.82) is 0 Å². The molecule has 17 heavy (non-hydrogen) atoms. The third-order valence-corrected chi connectivity index (χ3v) is 3.93. The molecule has 1 fully saturated rings. The van der Waals surface area contributed by atoms with Crippen LogP contribution in [0.2, 0.25) is 0 Å². The van der Waals surface area contributed by atoms with Gasteiger partial charge < -0.3 is 5.32 Å². The zero-order valence-corrected chi connectivity index (χ0v) is 11.2. The Kier molecular flexibility index (Phi) is 4.86. The molecule has 0 aliphatic heterocycles. The third kappa shape index (κ3) is 4.68. The quantitative estimate of drug-likeness (QED) is 0.583. The largest absolute Gasteiger partial charge is 0.310 e. The zero-order chi connectivity index (χ0) is 12.1. The van der Waals surface area contributed by atoms with Crippen LogP contribution in [0.25, 0.3) is 0 Å². The van der Waals surface area contributed by atoms with Crippen LogP contribution in [-0.4, -0.2) is 11.8 Å². The topological polar surface area (TPSA) is 12.0 Å².